The lowest BCUT2D eigenvalue weighted by atomic mass is 10.1. The van der Waals surface area contributed by atoms with Crippen molar-refractivity contribution in [2.75, 3.05) is 11.1 Å². The second kappa shape index (κ2) is 5.54. The first-order valence-corrected chi connectivity index (χ1v) is 6.00. The standard InChI is InChI=1S/C15H17FN2/c1-11(10-12-2-4-13(16)5-3-12)18-15-8-6-14(17)7-9-15/h2-9,11,18H,10,17H2,1H3. The van der Waals surface area contributed by atoms with Gasteiger partial charge in [0.05, 0.1) is 0 Å². The molecule has 2 aromatic rings. The number of anilines is 2. The summed E-state index contributed by atoms with van der Waals surface area (Å²) in [6.45, 7) is 2.10. The van der Waals surface area contributed by atoms with Crippen LogP contribution in [-0.2, 0) is 6.42 Å². The maximum absolute atomic E-state index is 12.8. The van der Waals surface area contributed by atoms with Gasteiger partial charge >= 0.3 is 0 Å². The smallest absolute Gasteiger partial charge is 0.123 e. The predicted molar refractivity (Wildman–Crippen MR) is 74.0 cm³/mol. The monoisotopic (exact) mass is 244 g/mol. The molecule has 0 saturated carbocycles. The molecule has 0 aromatic heterocycles. The fraction of sp³-hybridized carbons (Fsp3) is 0.200. The quantitative estimate of drug-likeness (QED) is 0.808. The zero-order chi connectivity index (χ0) is 13.0. The number of nitrogen functional groups attached to an aromatic ring is 1. The molecule has 0 aliphatic rings. The molecule has 3 heteroatoms. The highest BCUT2D eigenvalue weighted by Crippen LogP contribution is 2.13. The van der Waals surface area contributed by atoms with Crippen molar-refractivity contribution in [1.29, 1.82) is 0 Å². The molecule has 2 aromatic carbocycles. The first-order valence-electron chi connectivity index (χ1n) is 6.00. The van der Waals surface area contributed by atoms with Gasteiger partial charge in [-0.3, -0.25) is 0 Å². The van der Waals surface area contributed by atoms with Gasteiger partial charge in [-0.1, -0.05) is 12.1 Å². The molecule has 0 heterocycles. The van der Waals surface area contributed by atoms with Crippen LogP contribution in [0.4, 0.5) is 15.8 Å². The Morgan fingerprint density at radius 2 is 1.67 bits per heavy atom. The van der Waals surface area contributed by atoms with Gasteiger partial charge in [-0.25, -0.2) is 4.39 Å². The first kappa shape index (κ1) is 12.4. The van der Waals surface area contributed by atoms with E-state index in [0.29, 0.717) is 0 Å². The van der Waals surface area contributed by atoms with Crippen molar-refractivity contribution in [2.24, 2.45) is 0 Å². The molecule has 0 amide bonds. The first-order chi connectivity index (χ1) is 8.63. The maximum atomic E-state index is 12.8. The van der Waals surface area contributed by atoms with Crippen molar-refractivity contribution < 1.29 is 4.39 Å². The van der Waals surface area contributed by atoms with Crippen molar-refractivity contribution in [2.45, 2.75) is 19.4 Å². The minimum absolute atomic E-state index is 0.196. The maximum Gasteiger partial charge on any atom is 0.123 e. The van der Waals surface area contributed by atoms with E-state index in [1.54, 1.807) is 0 Å². The number of nitrogens with one attached hydrogen (secondary N) is 1. The summed E-state index contributed by atoms with van der Waals surface area (Å²) in [6, 6.07) is 14.5. The largest absolute Gasteiger partial charge is 0.399 e. The molecule has 0 radical (unpaired) electrons. The molecular weight excluding hydrogens is 227 g/mol. The summed E-state index contributed by atoms with van der Waals surface area (Å²) in [5, 5.41) is 3.38. The van der Waals surface area contributed by atoms with E-state index >= 15 is 0 Å². The van der Waals surface area contributed by atoms with Gasteiger partial charge in [-0.15, -0.1) is 0 Å². The summed E-state index contributed by atoms with van der Waals surface area (Å²) in [6.07, 6.45) is 0.852. The van der Waals surface area contributed by atoms with Gasteiger partial charge in [0.2, 0.25) is 0 Å². The van der Waals surface area contributed by atoms with Gasteiger partial charge in [-0.2, -0.15) is 0 Å². The molecule has 0 fully saturated rings. The van der Waals surface area contributed by atoms with E-state index in [9.17, 15) is 4.39 Å². The second-order valence-corrected chi connectivity index (χ2v) is 4.50. The Morgan fingerprint density at radius 3 is 2.28 bits per heavy atom. The fourth-order valence-electron chi connectivity index (χ4n) is 1.89. The van der Waals surface area contributed by atoms with Gasteiger partial charge in [-0.05, 0) is 55.3 Å². The van der Waals surface area contributed by atoms with Crippen LogP contribution >= 0.6 is 0 Å². The zero-order valence-corrected chi connectivity index (χ0v) is 10.4. The lowest BCUT2D eigenvalue weighted by Gasteiger charge is -2.15. The Bertz CT molecular complexity index is 443. The average Bonchev–Trinajstić information content (AvgIpc) is 2.35. The van der Waals surface area contributed by atoms with Crippen LogP contribution in [0.3, 0.4) is 0 Å². The molecule has 2 rings (SSSR count). The fourth-order valence-corrected chi connectivity index (χ4v) is 1.89. The van der Waals surface area contributed by atoms with E-state index in [1.807, 2.05) is 36.4 Å². The van der Waals surface area contributed by atoms with E-state index in [4.69, 9.17) is 5.73 Å². The molecule has 2 nitrogen and oxygen atoms in total. The summed E-state index contributed by atoms with van der Waals surface area (Å²) < 4.78 is 12.8. The number of rotatable bonds is 4. The van der Waals surface area contributed by atoms with Crippen molar-refractivity contribution in [3.05, 3.63) is 59.9 Å². The van der Waals surface area contributed by atoms with E-state index < -0.39 is 0 Å². The Morgan fingerprint density at radius 1 is 1.06 bits per heavy atom. The number of halogens is 1. The third-order valence-electron chi connectivity index (χ3n) is 2.78. The molecule has 3 N–H and O–H groups in total. The van der Waals surface area contributed by atoms with Crippen LogP contribution in [0.1, 0.15) is 12.5 Å². The molecule has 0 bridgehead atoms. The van der Waals surface area contributed by atoms with Crippen molar-refractivity contribution in [3.8, 4) is 0 Å². The van der Waals surface area contributed by atoms with E-state index in [-0.39, 0.29) is 11.9 Å². The highest BCUT2D eigenvalue weighted by molar-refractivity contribution is 5.51. The summed E-state index contributed by atoms with van der Waals surface area (Å²) in [5.41, 5.74) is 8.55. The van der Waals surface area contributed by atoms with E-state index in [1.165, 1.54) is 12.1 Å². The van der Waals surface area contributed by atoms with Crippen LogP contribution in [0.15, 0.2) is 48.5 Å². The third kappa shape index (κ3) is 3.48. The molecule has 0 aliphatic heterocycles. The lowest BCUT2D eigenvalue weighted by Crippen LogP contribution is -2.17. The lowest BCUT2D eigenvalue weighted by molar-refractivity contribution is 0.626. The van der Waals surface area contributed by atoms with Gasteiger partial charge in [0.25, 0.3) is 0 Å². The van der Waals surface area contributed by atoms with Crippen LogP contribution < -0.4 is 11.1 Å². The Labute approximate surface area is 107 Å². The normalized spacial score (nSPS) is 12.1. The van der Waals surface area contributed by atoms with Crippen LogP contribution in [0.25, 0.3) is 0 Å². The molecular formula is C15H17FN2. The highest BCUT2D eigenvalue weighted by Gasteiger charge is 2.03. The SMILES string of the molecule is CC(Cc1ccc(F)cc1)Nc1ccc(N)cc1. The topological polar surface area (TPSA) is 38.0 Å². The highest BCUT2D eigenvalue weighted by atomic mass is 19.1. The van der Waals surface area contributed by atoms with Gasteiger partial charge in [0.15, 0.2) is 0 Å². The molecule has 0 aliphatic carbocycles. The molecule has 1 unspecified atom stereocenters. The van der Waals surface area contributed by atoms with E-state index in [2.05, 4.69) is 12.2 Å². The number of hydrogen-bond donors (Lipinski definition) is 2. The summed E-state index contributed by atoms with van der Waals surface area (Å²) in [4.78, 5) is 0. The summed E-state index contributed by atoms with van der Waals surface area (Å²) >= 11 is 0. The Hall–Kier alpha value is -2.03. The van der Waals surface area contributed by atoms with Crippen molar-refractivity contribution in [3.63, 3.8) is 0 Å². The van der Waals surface area contributed by atoms with Crippen LogP contribution in [0.5, 0.6) is 0 Å². The van der Waals surface area contributed by atoms with E-state index in [0.717, 1.165) is 23.4 Å². The Balaban J connectivity index is 1.94. The molecule has 94 valence electrons. The van der Waals surface area contributed by atoms with Gasteiger partial charge in [0, 0.05) is 17.4 Å². The predicted octanol–water partition coefficient (Wildman–Crippen LogP) is 3.45. The number of hydrogen-bond acceptors (Lipinski definition) is 2. The summed E-state index contributed by atoms with van der Waals surface area (Å²) in [5.74, 6) is -0.196. The Kier molecular flexibility index (Phi) is 3.82. The summed E-state index contributed by atoms with van der Waals surface area (Å²) in [7, 11) is 0. The van der Waals surface area contributed by atoms with Crippen LogP contribution in [0.2, 0.25) is 0 Å². The van der Waals surface area contributed by atoms with Crippen LogP contribution in [0, 0.1) is 5.82 Å². The van der Waals surface area contributed by atoms with Gasteiger partial charge < -0.3 is 11.1 Å². The number of benzene rings is 2. The zero-order valence-electron chi connectivity index (χ0n) is 10.4. The third-order valence-corrected chi connectivity index (χ3v) is 2.78. The molecule has 1 atom stereocenters. The number of nitrogens with two attached hydrogens (primary N) is 1. The minimum atomic E-state index is -0.196. The van der Waals surface area contributed by atoms with Crippen LogP contribution in [-0.4, -0.2) is 6.04 Å². The second-order valence-electron chi connectivity index (χ2n) is 4.50. The van der Waals surface area contributed by atoms with Gasteiger partial charge in [0.1, 0.15) is 5.82 Å². The molecule has 0 saturated heterocycles. The van der Waals surface area contributed by atoms with Crippen molar-refractivity contribution in [1.82, 2.24) is 0 Å². The van der Waals surface area contributed by atoms with Crippen molar-refractivity contribution >= 4 is 11.4 Å². The average molecular weight is 244 g/mol. The molecule has 18 heavy (non-hydrogen) atoms. The molecule has 0 spiro atoms. The minimum Gasteiger partial charge on any atom is -0.399 e.